The van der Waals surface area contributed by atoms with Crippen molar-refractivity contribution >= 4 is 70.9 Å². The predicted molar refractivity (Wildman–Crippen MR) is 245 cm³/mol. The Kier molecular flexibility index (Phi) is 7.89. The van der Waals surface area contributed by atoms with E-state index in [1.165, 1.54) is 87.2 Å². The summed E-state index contributed by atoms with van der Waals surface area (Å²) >= 11 is 0. The quantitative estimate of drug-likeness (QED) is 0.154. The Hall–Kier alpha value is -7.48. The van der Waals surface area contributed by atoms with Gasteiger partial charge in [0.25, 0.3) is 0 Å². The fraction of sp³-hybridized carbons (Fsp3) is 0. The highest BCUT2D eigenvalue weighted by Gasteiger charge is 2.21. The third-order valence-electron chi connectivity index (χ3n) is 11.6. The topological polar surface area (TPSA) is 3.24 Å². The van der Waals surface area contributed by atoms with Gasteiger partial charge in [0.05, 0.1) is 5.69 Å². The molecule has 0 amide bonds. The summed E-state index contributed by atoms with van der Waals surface area (Å²) in [6.07, 6.45) is 0. The van der Waals surface area contributed by atoms with Gasteiger partial charge in [-0.3, -0.25) is 0 Å². The summed E-state index contributed by atoms with van der Waals surface area (Å²) in [5.74, 6) is 0. The molecule has 11 rings (SSSR count). The molecule has 0 unspecified atom stereocenters. The molecule has 11 aromatic carbocycles. The summed E-state index contributed by atoms with van der Waals surface area (Å²) in [7, 11) is 0. The third kappa shape index (κ3) is 5.55. The van der Waals surface area contributed by atoms with Crippen molar-refractivity contribution in [3.8, 4) is 33.4 Å². The van der Waals surface area contributed by atoms with Gasteiger partial charge in [-0.2, -0.15) is 0 Å². The Morgan fingerprint density at radius 2 is 0.737 bits per heavy atom. The van der Waals surface area contributed by atoms with Crippen LogP contribution in [-0.2, 0) is 0 Å². The van der Waals surface area contributed by atoms with Gasteiger partial charge in [0, 0.05) is 16.8 Å². The third-order valence-corrected chi connectivity index (χ3v) is 11.6. The molecule has 0 aromatic heterocycles. The van der Waals surface area contributed by atoms with Gasteiger partial charge < -0.3 is 4.90 Å². The zero-order valence-corrected chi connectivity index (χ0v) is 31.3. The second-order valence-corrected chi connectivity index (χ2v) is 14.8. The van der Waals surface area contributed by atoms with Crippen molar-refractivity contribution in [2.45, 2.75) is 0 Å². The molecule has 1 nitrogen and oxygen atoms in total. The fourth-order valence-corrected chi connectivity index (χ4v) is 9.04. The van der Waals surface area contributed by atoms with E-state index in [2.05, 4.69) is 229 Å². The van der Waals surface area contributed by atoms with Crippen LogP contribution in [0.25, 0.3) is 87.2 Å². The lowest BCUT2D eigenvalue weighted by Gasteiger charge is -2.28. The Morgan fingerprint density at radius 3 is 1.47 bits per heavy atom. The first-order chi connectivity index (χ1) is 28.3. The minimum Gasteiger partial charge on any atom is -0.310 e. The van der Waals surface area contributed by atoms with E-state index >= 15 is 0 Å². The Balaban J connectivity index is 1.16. The van der Waals surface area contributed by atoms with Gasteiger partial charge in [-0.05, 0) is 112 Å². The summed E-state index contributed by atoms with van der Waals surface area (Å²) in [5, 5.41) is 12.5. The lowest BCUT2D eigenvalue weighted by molar-refractivity contribution is 1.30. The Morgan fingerprint density at radius 1 is 0.246 bits per heavy atom. The molecule has 0 saturated heterocycles. The molecule has 0 heterocycles. The van der Waals surface area contributed by atoms with Crippen molar-refractivity contribution in [1.29, 1.82) is 0 Å². The van der Waals surface area contributed by atoms with E-state index in [9.17, 15) is 0 Å². The molecule has 0 aliphatic rings. The lowest BCUT2D eigenvalue weighted by Crippen LogP contribution is -2.10. The molecule has 11 aromatic rings. The van der Waals surface area contributed by atoms with Crippen molar-refractivity contribution < 1.29 is 0 Å². The second kappa shape index (κ2) is 13.7. The zero-order chi connectivity index (χ0) is 37.7. The van der Waals surface area contributed by atoms with Gasteiger partial charge in [-0.15, -0.1) is 0 Å². The van der Waals surface area contributed by atoms with Gasteiger partial charge in [0.15, 0.2) is 0 Å². The number of benzene rings is 11. The minimum absolute atomic E-state index is 1.10. The number of anilines is 3. The first kappa shape index (κ1) is 32.9. The van der Waals surface area contributed by atoms with E-state index < -0.39 is 0 Å². The minimum atomic E-state index is 1.10. The first-order valence-corrected chi connectivity index (χ1v) is 19.7. The Labute approximate surface area is 332 Å². The van der Waals surface area contributed by atoms with E-state index in [1.54, 1.807) is 0 Å². The van der Waals surface area contributed by atoms with E-state index in [0.717, 1.165) is 17.1 Å². The molecule has 0 bridgehead atoms. The average molecular weight is 724 g/mol. The summed E-state index contributed by atoms with van der Waals surface area (Å²) in [4.78, 5) is 2.44. The van der Waals surface area contributed by atoms with Crippen LogP contribution in [0.15, 0.2) is 224 Å². The van der Waals surface area contributed by atoms with Crippen LogP contribution < -0.4 is 4.90 Å². The van der Waals surface area contributed by atoms with Crippen LogP contribution in [0, 0.1) is 0 Å². The van der Waals surface area contributed by atoms with Crippen LogP contribution in [-0.4, -0.2) is 0 Å². The molecule has 0 aliphatic heterocycles. The summed E-state index contributed by atoms with van der Waals surface area (Å²) in [6, 6.07) is 82.1. The fourth-order valence-electron chi connectivity index (χ4n) is 9.04. The normalized spacial score (nSPS) is 11.5. The van der Waals surface area contributed by atoms with Crippen molar-refractivity contribution in [3.63, 3.8) is 0 Å². The van der Waals surface area contributed by atoms with E-state index in [1.807, 2.05) is 0 Å². The van der Waals surface area contributed by atoms with E-state index in [-0.39, 0.29) is 0 Å². The molecule has 0 fully saturated rings. The SMILES string of the molecule is c1ccc(-c2c(-c3ccccc3)c3cc(N(c4ccc(-c5cccc6c5ccc5ccccc56)cc4)c4cccc5ccccc45)ccc3c3ccccc23)cc1. The molecule has 0 radical (unpaired) electrons. The van der Waals surface area contributed by atoms with Crippen LogP contribution in [0.2, 0.25) is 0 Å². The van der Waals surface area contributed by atoms with Crippen LogP contribution in [0.1, 0.15) is 0 Å². The van der Waals surface area contributed by atoms with Gasteiger partial charge in [0.1, 0.15) is 0 Å². The molecular formula is C56H37N. The predicted octanol–water partition coefficient (Wildman–Crippen LogP) is 15.9. The number of nitrogens with zero attached hydrogens (tertiary/aromatic N) is 1. The van der Waals surface area contributed by atoms with E-state index in [4.69, 9.17) is 0 Å². The van der Waals surface area contributed by atoms with Gasteiger partial charge in [-0.1, -0.05) is 194 Å². The van der Waals surface area contributed by atoms with Gasteiger partial charge >= 0.3 is 0 Å². The number of rotatable bonds is 6. The maximum absolute atomic E-state index is 2.44. The monoisotopic (exact) mass is 723 g/mol. The highest BCUT2D eigenvalue weighted by Crippen LogP contribution is 2.47. The zero-order valence-electron chi connectivity index (χ0n) is 31.3. The van der Waals surface area contributed by atoms with Crippen molar-refractivity contribution in [1.82, 2.24) is 0 Å². The molecule has 266 valence electrons. The highest BCUT2D eigenvalue weighted by molar-refractivity contribution is 6.22. The van der Waals surface area contributed by atoms with Gasteiger partial charge in [-0.25, -0.2) is 0 Å². The van der Waals surface area contributed by atoms with Crippen molar-refractivity contribution in [2.75, 3.05) is 4.90 Å². The smallest absolute Gasteiger partial charge is 0.0540 e. The summed E-state index contributed by atoms with van der Waals surface area (Å²) in [6.45, 7) is 0. The van der Waals surface area contributed by atoms with Gasteiger partial charge in [0.2, 0.25) is 0 Å². The maximum atomic E-state index is 2.44. The maximum Gasteiger partial charge on any atom is 0.0540 e. The lowest BCUT2D eigenvalue weighted by atomic mass is 9.85. The van der Waals surface area contributed by atoms with Crippen LogP contribution >= 0.6 is 0 Å². The van der Waals surface area contributed by atoms with Crippen LogP contribution in [0.5, 0.6) is 0 Å². The number of hydrogen-bond donors (Lipinski definition) is 0. The molecule has 0 N–H and O–H groups in total. The standard InChI is InChI=1S/C56H37N/c1-3-17-41(18-4-1)55-52-25-12-11-24-49(52)51-36-34-44(37-53(51)56(55)42-19-5-2-6-20-42)57(54-28-13-21-38-15-8-10-23-47(38)54)43-32-29-40(30-33-43)46-26-14-27-48-45-22-9-7-16-39(45)31-35-50(46)48/h1-37H. The largest absolute Gasteiger partial charge is 0.310 e. The average Bonchev–Trinajstić information content (AvgIpc) is 3.29. The molecule has 1 heteroatoms. The van der Waals surface area contributed by atoms with Crippen molar-refractivity contribution in [2.24, 2.45) is 0 Å². The Bertz CT molecular complexity index is 3270. The van der Waals surface area contributed by atoms with E-state index in [0.29, 0.717) is 0 Å². The van der Waals surface area contributed by atoms with Crippen molar-refractivity contribution in [3.05, 3.63) is 224 Å². The molecule has 0 spiro atoms. The number of fused-ring (bicyclic) bond motifs is 7. The number of hydrogen-bond acceptors (Lipinski definition) is 1. The first-order valence-electron chi connectivity index (χ1n) is 19.7. The molecular weight excluding hydrogens is 687 g/mol. The van der Waals surface area contributed by atoms with Crippen LogP contribution in [0.4, 0.5) is 17.1 Å². The molecule has 0 saturated carbocycles. The second-order valence-electron chi connectivity index (χ2n) is 14.8. The van der Waals surface area contributed by atoms with Crippen LogP contribution in [0.3, 0.4) is 0 Å². The molecule has 57 heavy (non-hydrogen) atoms. The summed E-state index contributed by atoms with van der Waals surface area (Å²) in [5.41, 5.74) is 10.7. The highest BCUT2D eigenvalue weighted by atomic mass is 15.1. The molecule has 0 atom stereocenters. The molecule has 0 aliphatic carbocycles. The summed E-state index contributed by atoms with van der Waals surface area (Å²) < 4.78 is 0.